The van der Waals surface area contributed by atoms with Gasteiger partial charge in [-0.25, -0.2) is 4.79 Å². The van der Waals surface area contributed by atoms with E-state index in [0.717, 1.165) is 0 Å². The summed E-state index contributed by atoms with van der Waals surface area (Å²) in [5.41, 5.74) is 6.39. The fourth-order valence-corrected chi connectivity index (χ4v) is 2.78. The summed E-state index contributed by atoms with van der Waals surface area (Å²) in [7, 11) is 3.42. The molecule has 1 rings (SSSR count). The minimum atomic E-state index is -0.506. The van der Waals surface area contributed by atoms with E-state index in [9.17, 15) is 9.59 Å². The Morgan fingerprint density at radius 2 is 2.05 bits per heavy atom. The van der Waals surface area contributed by atoms with Gasteiger partial charge < -0.3 is 20.1 Å². The minimum absolute atomic E-state index is 0.163. The maximum absolute atomic E-state index is 12.0. The second kappa shape index (κ2) is 7.25. The van der Waals surface area contributed by atoms with Crippen LogP contribution in [0.3, 0.4) is 0 Å². The molecule has 0 aliphatic rings. The van der Waals surface area contributed by atoms with Gasteiger partial charge in [-0.2, -0.15) is 0 Å². The summed E-state index contributed by atoms with van der Waals surface area (Å²) >= 11 is 1.20. The number of likely N-dealkylation sites (N-methyl/N-ethyl adjacent to an activating group) is 1. The first kappa shape index (κ1) is 16.5. The Morgan fingerprint density at radius 1 is 1.40 bits per heavy atom. The van der Waals surface area contributed by atoms with Crippen LogP contribution in [0.5, 0.6) is 0 Å². The zero-order chi connectivity index (χ0) is 15.3. The van der Waals surface area contributed by atoms with E-state index < -0.39 is 5.97 Å². The molecule has 0 unspecified atom stereocenters. The van der Waals surface area contributed by atoms with Gasteiger partial charge in [0.05, 0.1) is 23.8 Å². The highest BCUT2D eigenvalue weighted by molar-refractivity contribution is 7.19. The number of nitrogens with zero attached hydrogens (tertiary/aromatic N) is 1. The number of ketones is 1. The van der Waals surface area contributed by atoms with Gasteiger partial charge in [-0.1, -0.05) is 0 Å². The van der Waals surface area contributed by atoms with E-state index in [1.165, 1.54) is 18.3 Å². The first-order valence-electron chi connectivity index (χ1n) is 6.24. The molecule has 0 radical (unpaired) electrons. The number of esters is 1. The van der Waals surface area contributed by atoms with Crippen LogP contribution in [0.2, 0.25) is 0 Å². The number of methoxy groups -OCH3 is 1. The third-order valence-electron chi connectivity index (χ3n) is 2.70. The number of Topliss-reactive ketones (excluding diaryl/α,β-unsaturated/α-hetero) is 1. The van der Waals surface area contributed by atoms with E-state index in [1.54, 1.807) is 14.0 Å². The average Bonchev–Trinajstić information content (AvgIpc) is 2.74. The average molecular weight is 300 g/mol. The van der Waals surface area contributed by atoms with E-state index in [-0.39, 0.29) is 23.6 Å². The number of hydrogen-bond acceptors (Lipinski definition) is 7. The van der Waals surface area contributed by atoms with Gasteiger partial charge in [-0.05, 0) is 6.92 Å². The summed E-state index contributed by atoms with van der Waals surface area (Å²) in [6, 6.07) is 0. The fraction of sp³-hybridized carbons (Fsp3) is 0.538. The normalized spacial score (nSPS) is 10.4. The number of ether oxygens (including phenoxy) is 2. The minimum Gasteiger partial charge on any atom is -0.462 e. The Balaban J connectivity index is 3.22. The predicted molar refractivity (Wildman–Crippen MR) is 79.8 cm³/mol. The molecule has 0 bridgehead atoms. The molecule has 112 valence electrons. The SMILES string of the molecule is CCOC(=O)c1c(N(C)CCOC)sc(C(C)=O)c1N. The maximum atomic E-state index is 12.0. The molecule has 0 saturated heterocycles. The van der Waals surface area contributed by atoms with E-state index in [4.69, 9.17) is 15.2 Å². The van der Waals surface area contributed by atoms with Gasteiger partial charge in [0, 0.05) is 27.6 Å². The van der Waals surface area contributed by atoms with Gasteiger partial charge in [0.15, 0.2) is 5.78 Å². The Morgan fingerprint density at radius 3 is 2.55 bits per heavy atom. The van der Waals surface area contributed by atoms with Crippen molar-refractivity contribution >= 4 is 33.8 Å². The number of carbonyl (C=O) groups is 2. The molecule has 6 nitrogen and oxygen atoms in total. The van der Waals surface area contributed by atoms with Gasteiger partial charge in [0.1, 0.15) is 10.6 Å². The number of nitrogens with two attached hydrogens (primary N) is 1. The number of carbonyl (C=O) groups excluding carboxylic acids is 2. The smallest absolute Gasteiger partial charge is 0.343 e. The van der Waals surface area contributed by atoms with Crippen molar-refractivity contribution in [1.82, 2.24) is 0 Å². The lowest BCUT2D eigenvalue weighted by Crippen LogP contribution is -2.23. The first-order valence-corrected chi connectivity index (χ1v) is 7.06. The molecule has 0 aliphatic heterocycles. The molecule has 2 N–H and O–H groups in total. The van der Waals surface area contributed by atoms with Gasteiger partial charge in [-0.3, -0.25) is 4.79 Å². The first-order chi connectivity index (χ1) is 9.43. The van der Waals surface area contributed by atoms with Crippen LogP contribution in [0.15, 0.2) is 0 Å². The zero-order valence-electron chi connectivity index (χ0n) is 12.2. The van der Waals surface area contributed by atoms with Crippen LogP contribution < -0.4 is 10.6 Å². The van der Waals surface area contributed by atoms with Crippen molar-refractivity contribution in [2.24, 2.45) is 0 Å². The summed E-state index contributed by atoms with van der Waals surface area (Å²) in [4.78, 5) is 25.8. The van der Waals surface area contributed by atoms with Crippen LogP contribution in [0, 0.1) is 0 Å². The zero-order valence-corrected chi connectivity index (χ0v) is 13.0. The number of anilines is 2. The molecule has 0 spiro atoms. The number of rotatable bonds is 7. The summed E-state index contributed by atoms with van der Waals surface area (Å²) < 4.78 is 10.0. The fourth-order valence-electron chi connectivity index (χ4n) is 1.69. The highest BCUT2D eigenvalue weighted by Gasteiger charge is 2.26. The van der Waals surface area contributed by atoms with E-state index >= 15 is 0 Å². The molecular formula is C13H20N2O4S. The summed E-state index contributed by atoms with van der Waals surface area (Å²) in [6.45, 7) is 4.49. The molecule has 0 aromatic carbocycles. The lowest BCUT2D eigenvalue weighted by Gasteiger charge is -2.18. The number of thiophene rings is 1. The van der Waals surface area contributed by atoms with Crippen LogP contribution in [-0.4, -0.2) is 45.7 Å². The summed E-state index contributed by atoms with van der Waals surface area (Å²) in [6.07, 6.45) is 0. The Labute approximate surface area is 122 Å². The van der Waals surface area contributed by atoms with Crippen molar-refractivity contribution in [1.29, 1.82) is 0 Å². The van der Waals surface area contributed by atoms with Crippen molar-refractivity contribution in [2.45, 2.75) is 13.8 Å². The quantitative estimate of drug-likeness (QED) is 0.610. The van der Waals surface area contributed by atoms with Crippen LogP contribution in [0.1, 0.15) is 33.9 Å². The van der Waals surface area contributed by atoms with Crippen molar-refractivity contribution in [2.75, 3.05) is 44.5 Å². The van der Waals surface area contributed by atoms with Crippen LogP contribution in [0.25, 0.3) is 0 Å². The standard InChI is InChI=1S/C13H20N2O4S/c1-5-19-13(17)9-10(14)11(8(2)16)20-12(9)15(3)6-7-18-4/h5-7,14H2,1-4H3. The van der Waals surface area contributed by atoms with Crippen molar-refractivity contribution in [3.8, 4) is 0 Å². The third kappa shape index (κ3) is 3.49. The van der Waals surface area contributed by atoms with Gasteiger partial charge in [0.2, 0.25) is 0 Å². The molecule has 1 heterocycles. The van der Waals surface area contributed by atoms with Gasteiger partial charge in [-0.15, -0.1) is 11.3 Å². The Kier molecular flexibility index (Phi) is 5.97. The number of hydrogen-bond donors (Lipinski definition) is 1. The molecular weight excluding hydrogens is 280 g/mol. The highest BCUT2D eigenvalue weighted by Crippen LogP contribution is 2.38. The lowest BCUT2D eigenvalue weighted by atomic mass is 10.2. The third-order valence-corrected chi connectivity index (χ3v) is 4.12. The molecule has 1 aromatic rings. The van der Waals surface area contributed by atoms with E-state index in [2.05, 4.69) is 0 Å². The second-order valence-corrected chi connectivity index (χ2v) is 5.22. The Bertz CT molecular complexity index is 499. The summed E-state index contributed by atoms with van der Waals surface area (Å²) in [5, 5.41) is 0.628. The monoisotopic (exact) mass is 300 g/mol. The van der Waals surface area contributed by atoms with E-state index in [0.29, 0.717) is 23.0 Å². The highest BCUT2D eigenvalue weighted by atomic mass is 32.1. The topological polar surface area (TPSA) is 81.9 Å². The van der Waals surface area contributed by atoms with Crippen molar-refractivity contribution in [3.05, 3.63) is 10.4 Å². The molecule has 7 heteroatoms. The maximum Gasteiger partial charge on any atom is 0.343 e. The molecule has 0 aliphatic carbocycles. The molecule has 20 heavy (non-hydrogen) atoms. The Hall–Kier alpha value is -1.60. The lowest BCUT2D eigenvalue weighted by molar-refractivity contribution is 0.0529. The number of nitrogen functional groups attached to an aromatic ring is 1. The predicted octanol–water partition coefficient (Wildman–Crippen LogP) is 1.79. The van der Waals surface area contributed by atoms with Crippen LogP contribution in [-0.2, 0) is 9.47 Å². The summed E-state index contributed by atoms with van der Waals surface area (Å²) in [5.74, 6) is -0.669. The molecule has 0 atom stereocenters. The van der Waals surface area contributed by atoms with Crippen molar-refractivity contribution in [3.63, 3.8) is 0 Å². The largest absolute Gasteiger partial charge is 0.462 e. The van der Waals surface area contributed by atoms with Crippen LogP contribution >= 0.6 is 11.3 Å². The second-order valence-electron chi connectivity index (χ2n) is 4.22. The molecule has 1 aromatic heterocycles. The van der Waals surface area contributed by atoms with Gasteiger partial charge in [0.25, 0.3) is 0 Å². The van der Waals surface area contributed by atoms with Gasteiger partial charge >= 0.3 is 5.97 Å². The van der Waals surface area contributed by atoms with E-state index in [1.807, 2.05) is 11.9 Å². The van der Waals surface area contributed by atoms with Crippen molar-refractivity contribution < 1.29 is 19.1 Å². The molecule has 0 fully saturated rings. The molecule has 0 amide bonds. The molecule has 0 saturated carbocycles. The van der Waals surface area contributed by atoms with Crippen LogP contribution in [0.4, 0.5) is 10.7 Å².